The number of thioether (sulfide) groups is 1. The van der Waals surface area contributed by atoms with Gasteiger partial charge in [-0.25, -0.2) is 0 Å². The minimum absolute atomic E-state index is 0.207. The van der Waals surface area contributed by atoms with Crippen LogP contribution in [0.2, 0.25) is 0 Å². The molecule has 2 atom stereocenters. The number of aliphatic hydroxyl groups is 1. The van der Waals surface area contributed by atoms with Gasteiger partial charge in [0.1, 0.15) is 5.25 Å². The average molecular weight is 202 g/mol. The average Bonchev–Trinajstić information content (AvgIpc) is 1.97. The van der Waals surface area contributed by atoms with Gasteiger partial charge in [0.15, 0.2) is 0 Å². The van der Waals surface area contributed by atoms with E-state index < -0.39 is 17.5 Å². The van der Waals surface area contributed by atoms with E-state index in [0.717, 1.165) is 11.8 Å². The summed E-state index contributed by atoms with van der Waals surface area (Å²) < 4.78 is 36.3. The Morgan fingerprint density at radius 2 is 1.92 bits per heavy atom. The second-order valence-electron chi connectivity index (χ2n) is 2.56. The van der Waals surface area contributed by atoms with Crippen LogP contribution in [0.3, 0.4) is 0 Å². The molecule has 0 aromatic rings. The van der Waals surface area contributed by atoms with E-state index in [1.165, 1.54) is 6.26 Å². The normalized spacial score (nSPS) is 17.5. The van der Waals surface area contributed by atoms with Gasteiger partial charge in [0.05, 0.1) is 6.10 Å². The van der Waals surface area contributed by atoms with Crippen molar-refractivity contribution in [3.05, 3.63) is 0 Å². The lowest BCUT2D eigenvalue weighted by Crippen LogP contribution is -2.29. The number of aliphatic hydroxyl groups excluding tert-OH is 1. The first-order valence-electron chi connectivity index (χ1n) is 3.69. The first-order chi connectivity index (χ1) is 5.41. The maximum absolute atomic E-state index is 12.1. The van der Waals surface area contributed by atoms with E-state index in [9.17, 15) is 13.2 Å². The van der Waals surface area contributed by atoms with Crippen molar-refractivity contribution < 1.29 is 18.3 Å². The molecule has 0 aliphatic heterocycles. The summed E-state index contributed by atoms with van der Waals surface area (Å²) in [5.41, 5.74) is 0. The molecular weight excluding hydrogens is 189 g/mol. The first-order valence-corrected chi connectivity index (χ1v) is 4.98. The molecule has 0 aliphatic carbocycles. The Kier molecular flexibility index (Phi) is 5.01. The maximum Gasteiger partial charge on any atom is 0.400 e. The van der Waals surface area contributed by atoms with Crippen LogP contribution in [0.1, 0.15) is 19.8 Å². The molecule has 0 bridgehead atoms. The molecular formula is C7H13F3OS. The van der Waals surface area contributed by atoms with Crippen molar-refractivity contribution in [2.75, 3.05) is 6.26 Å². The summed E-state index contributed by atoms with van der Waals surface area (Å²) in [4.78, 5) is 0. The third-order valence-corrected chi connectivity index (χ3v) is 2.64. The lowest BCUT2D eigenvalue weighted by Gasteiger charge is -2.20. The summed E-state index contributed by atoms with van der Waals surface area (Å²) in [6, 6.07) is 0. The number of hydrogen-bond donors (Lipinski definition) is 1. The fourth-order valence-electron chi connectivity index (χ4n) is 0.777. The SMILES string of the molecule is CCC(O)CC(SC)C(F)(F)F. The predicted molar refractivity (Wildman–Crippen MR) is 44.3 cm³/mol. The fourth-order valence-corrected chi connectivity index (χ4v) is 1.46. The molecule has 0 fully saturated rings. The monoisotopic (exact) mass is 202 g/mol. The van der Waals surface area contributed by atoms with Gasteiger partial charge < -0.3 is 5.11 Å². The molecule has 0 aromatic carbocycles. The van der Waals surface area contributed by atoms with Gasteiger partial charge >= 0.3 is 6.18 Å². The highest BCUT2D eigenvalue weighted by molar-refractivity contribution is 7.99. The molecule has 1 N–H and O–H groups in total. The summed E-state index contributed by atoms with van der Waals surface area (Å²) in [7, 11) is 0. The van der Waals surface area contributed by atoms with Gasteiger partial charge in [-0.05, 0) is 19.1 Å². The van der Waals surface area contributed by atoms with Crippen molar-refractivity contribution in [2.24, 2.45) is 0 Å². The lowest BCUT2D eigenvalue weighted by molar-refractivity contribution is -0.134. The zero-order valence-corrected chi connectivity index (χ0v) is 7.87. The Hall–Kier alpha value is 0.100. The van der Waals surface area contributed by atoms with Crippen LogP contribution in [0.15, 0.2) is 0 Å². The van der Waals surface area contributed by atoms with Crippen LogP contribution in [-0.4, -0.2) is 28.9 Å². The van der Waals surface area contributed by atoms with Gasteiger partial charge in [0, 0.05) is 0 Å². The molecule has 0 radical (unpaired) electrons. The lowest BCUT2D eigenvalue weighted by atomic mass is 10.1. The van der Waals surface area contributed by atoms with Crippen molar-refractivity contribution in [3.63, 3.8) is 0 Å². The second kappa shape index (κ2) is 4.97. The van der Waals surface area contributed by atoms with Crippen LogP contribution in [0.4, 0.5) is 13.2 Å². The molecule has 2 unspecified atom stereocenters. The van der Waals surface area contributed by atoms with Crippen molar-refractivity contribution in [2.45, 2.75) is 37.3 Å². The minimum Gasteiger partial charge on any atom is -0.393 e. The molecule has 12 heavy (non-hydrogen) atoms. The van der Waals surface area contributed by atoms with Gasteiger partial charge in [-0.1, -0.05) is 6.92 Å². The Balaban J connectivity index is 4.00. The van der Waals surface area contributed by atoms with E-state index in [1.54, 1.807) is 6.92 Å². The molecule has 0 aromatic heterocycles. The second-order valence-corrected chi connectivity index (χ2v) is 3.60. The Bertz CT molecular complexity index is 126. The van der Waals surface area contributed by atoms with Crippen LogP contribution in [-0.2, 0) is 0 Å². The number of alkyl halides is 3. The highest BCUT2D eigenvalue weighted by Crippen LogP contribution is 2.32. The van der Waals surface area contributed by atoms with Gasteiger partial charge in [-0.2, -0.15) is 24.9 Å². The molecule has 0 spiro atoms. The summed E-state index contributed by atoms with van der Waals surface area (Å²) in [5.74, 6) is 0. The molecule has 74 valence electrons. The summed E-state index contributed by atoms with van der Waals surface area (Å²) in [5, 5.41) is 7.57. The largest absolute Gasteiger partial charge is 0.400 e. The highest BCUT2D eigenvalue weighted by atomic mass is 32.2. The van der Waals surface area contributed by atoms with Crippen molar-refractivity contribution in [1.82, 2.24) is 0 Å². The smallest absolute Gasteiger partial charge is 0.393 e. The molecule has 0 saturated heterocycles. The van der Waals surface area contributed by atoms with E-state index in [1.807, 2.05) is 0 Å². The maximum atomic E-state index is 12.1. The number of rotatable bonds is 4. The summed E-state index contributed by atoms with van der Waals surface area (Å²) in [6.45, 7) is 1.67. The topological polar surface area (TPSA) is 20.2 Å². The Morgan fingerprint density at radius 3 is 2.17 bits per heavy atom. The van der Waals surface area contributed by atoms with Crippen LogP contribution < -0.4 is 0 Å². The molecule has 5 heteroatoms. The summed E-state index contributed by atoms with van der Waals surface area (Å²) in [6.07, 6.45) is -3.48. The zero-order valence-electron chi connectivity index (χ0n) is 7.06. The first kappa shape index (κ1) is 12.1. The minimum atomic E-state index is -4.20. The molecule has 0 saturated carbocycles. The Labute approximate surface area is 74.3 Å². The third kappa shape index (κ3) is 4.21. The van der Waals surface area contributed by atoms with Crippen molar-refractivity contribution >= 4 is 11.8 Å². The molecule has 0 amide bonds. The number of halogens is 3. The standard InChI is InChI=1S/C7H13F3OS/c1-3-5(11)4-6(12-2)7(8,9)10/h5-6,11H,3-4H2,1-2H3. The Morgan fingerprint density at radius 1 is 1.42 bits per heavy atom. The molecule has 0 aliphatic rings. The highest BCUT2D eigenvalue weighted by Gasteiger charge is 2.39. The molecule has 1 nitrogen and oxygen atoms in total. The van der Waals surface area contributed by atoms with Crippen LogP contribution >= 0.6 is 11.8 Å². The summed E-state index contributed by atoms with van der Waals surface area (Å²) >= 11 is 0.736. The van der Waals surface area contributed by atoms with E-state index in [0.29, 0.717) is 6.42 Å². The third-order valence-electron chi connectivity index (χ3n) is 1.61. The van der Waals surface area contributed by atoms with Crippen LogP contribution in [0.25, 0.3) is 0 Å². The van der Waals surface area contributed by atoms with Gasteiger partial charge in [-0.15, -0.1) is 0 Å². The predicted octanol–water partition coefficient (Wildman–Crippen LogP) is 2.44. The van der Waals surface area contributed by atoms with E-state index >= 15 is 0 Å². The molecule has 0 heterocycles. The fraction of sp³-hybridized carbons (Fsp3) is 1.00. The number of hydrogen-bond acceptors (Lipinski definition) is 2. The van der Waals surface area contributed by atoms with E-state index in [-0.39, 0.29) is 6.42 Å². The zero-order chi connectivity index (χ0) is 9.78. The van der Waals surface area contributed by atoms with Crippen LogP contribution in [0, 0.1) is 0 Å². The van der Waals surface area contributed by atoms with E-state index in [2.05, 4.69) is 0 Å². The quantitative estimate of drug-likeness (QED) is 0.755. The van der Waals surface area contributed by atoms with E-state index in [4.69, 9.17) is 5.11 Å². The van der Waals surface area contributed by atoms with Crippen molar-refractivity contribution in [3.8, 4) is 0 Å². The van der Waals surface area contributed by atoms with Gasteiger partial charge in [0.25, 0.3) is 0 Å². The van der Waals surface area contributed by atoms with Crippen LogP contribution in [0.5, 0.6) is 0 Å². The molecule has 0 rings (SSSR count). The van der Waals surface area contributed by atoms with Crippen molar-refractivity contribution in [1.29, 1.82) is 0 Å². The van der Waals surface area contributed by atoms with Gasteiger partial charge in [-0.3, -0.25) is 0 Å². The van der Waals surface area contributed by atoms with Gasteiger partial charge in [0.2, 0.25) is 0 Å².